The fourth-order valence-corrected chi connectivity index (χ4v) is 3.78. The van der Waals surface area contributed by atoms with E-state index in [4.69, 9.17) is 9.84 Å². The highest BCUT2D eigenvalue weighted by Crippen LogP contribution is 2.34. The number of carboxylic acids is 1. The van der Waals surface area contributed by atoms with E-state index in [-0.39, 0.29) is 18.4 Å². The molecule has 0 fully saturated rings. The lowest BCUT2D eigenvalue weighted by Gasteiger charge is -2.18. The zero-order valence-electron chi connectivity index (χ0n) is 16.6. The molecule has 3 rings (SSSR count). The number of carboxylic acid groups (broad SMARTS) is 1. The first-order valence-corrected chi connectivity index (χ1v) is 9.92. The summed E-state index contributed by atoms with van der Waals surface area (Å²) in [6.07, 6.45) is 3.88. The summed E-state index contributed by atoms with van der Waals surface area (Å²) in [6, 6.07) is 14.8. The van der Waals surface area contributed by atoms with Gasteiger partial charge in [0.15, 0.2) is 0 Å². The SMILES string of the molecule is CC(F)(F)c1cc(OCC2=C(Cc3ccccc3)CCC2)ccc1CCC(=O)O. The lowest BCUT2D eigenvalue weighted by Crippen LogP contribution is -2.13. The van der Waals surface area contributed by atoms with Gasteiger partial charge in [0.25, 0.3) is 5.92 Å². The molecule has 0 spiro atoms. The number of ether oxygens (including phenoxy) is 1. The van der Waals surface area contributed by atoms with Crippen LogP contribution >= 0.6 is 0 Å². The maximum atomic E-state index is 14.1. The van der Waals surface area contributed by atoms with Gasteiger partial charge in [0.1, 0.15) is 12.4 Å². The molecule has 0 saturated heterocycles. The summed E-state index contributed by atoms with van der Waals surface area (Å²) in [7, 11) is 0. The second kappa shape index (κ2) is 9.21. The van der Waals surface area contributed by atoms with Gasteiger partial charge in [-0.25, -0.2) is 8.78 Å². The average Bonchev–Trinajstić information content (AvgIpc) is 3.12. The maximum absolute atomic E-state index is 14.1. The van der Waals surface area contributed by atoms with Gasteiger partial charge in [-0.15, -0.1) is 0 Å². The number of carbonyl (C=O) groups is 1. The summed E-state index contributed by atoms with van der Waals surface area (Å²) in [6.45, 7) is 1.22. The van der Waals surface area contributed by atoms with Crippen molar-refractivity contribution in [1.29, 1.82) is 0 Å². The monoisotopic (exact) mass is 400 g/mol. The molecule has 0 aromatic heterocycles. The van der Waals surface area contributed by atoms with Crippen molar-refractivity contribution in [2.24, 2.45) is 0 Å². The van der Waals surface area contributed by atoms with Crippen molar-refractivity contribution < 1.29 is 23.4 Å². The summed E-state index contributed by atoms with van der Waals surface area (Å²) < 4.78 is 34.0. The zero-order valence-corrected chi connectivity index (χ0v) is 16.6. The van der Waals surface area contributed by atoms with Crippen LogP contribution in [0.4, 0.5) is 8.78 Å². The average molecular weight is 400 g/mol. The van der Waals surface area contributed by atoms with Crippen LogP contribution in [0.3, 0.4) is 0 Å². The van der Waals surface area contributed by atoms with E-state index >= 15 is 0 Å². The Morgan fingerprint density at radius 1 is 1.10 bits per heavy atom. The molecule has 5 heteroatoms. The molecule has 0 aliphatic heterocycles. The normalized spacial score (nSPS) is 14.3. The minimum Gasteiger partial charge on any atom is -0.489 e. The molecule has 1 aliphatic rings. The molecule has 154 valence electrons. The summed E-state index contributed by atoms with van der Waals surface area (Å²) in [5.74, 6) is -3.67. The Kier molecular flexibility index (Phi) is 6.68. The van der Waals surface area contributed by atoms with Crippen LogP contribution < -0.4 is 4.74 Å². The third kappa shape index (κ3) is 5.89. The topological polar surface area (TPSA) is 46.5 Å². The van der Waals surface area contributed by atoms with Crippen LogP contribution in [-0.4, -0.2) is 17.7 Å². The van der Waals surface area contributed by atoms with E-state index in [1.54, 1.807) is 12.1 Å². The van der Waals surface area contributed by atoms with Crippen molar-refractivity contribution in [1.82, 2.24) is 0 Å². The lowest BCUT2D eigenvalue weighted by molar-refractivity contribution is -0.137. The molecule has 0 amide bonds. The van der Waals surface area contributed by atoms with Crippen molar-refractivity contribution in [3.05, 3.63) is 76.4 Å². The quantitative estimate of drug-likeness (QED) is 0.532. The highest BCUT2D eigenvalue weighted by Gasteiger charge is 2.28. The predicted octanol–water partition coefficient (Wildman–Crippen LogP) is 5.92. The fourth-order valence-electron chi connectivity index (χ4n) is 3.78. The van der Waals surface area contributed by atoms with E-state index in [2.05, 4.69) is 12.1 Å². The van der Waals surface area contributed by atoms with Crippen LogP contribution in [-0.2, 0) is 23.6 Å². The highest BCUT2D eigenvalue weighted by molar-refractivity contribution is 5.67. The fraction of sp³-hybridized carbons (Fsp3) is 0.375. The maximum Gasteiger partial charge on any atom is 0.303 e. The van der Waals surface area contributed by atoms with Crippen LogP contribution in [0.25, 0.3) is 0 Å². The van der Waals surface area contributed by atoms with Crippen molar-refractivity contribution in [2.45, 2.75) is 51.4 Å². The molecule has 0 atom stereocenters. The summed E-state index contributed by atoms with van der Waals surface area (Å²) in [5.41, 5.74) is 4.06. The predicted molar refractivity (Wildman–Crippen MR) is 108 cm³/mol. The van der Waals surface area contributed by atoms with E-state index < -0.39 is 11.9 Å². The Hall–Kier alpha value is -2.69. The van der Waals surface area contributed by atoms with Gasteiger partial charge in [0.05, 0.1) is 0 Å². The Balaban J connectivity index is 1.72. The molecular weight excluding hydrogens is 374 g/mol. The second-order valence-corrected chi connectivity index (χ2v) is 7.61. The number of aryl methyl sites for hydroxylation is 1. The Morgan fingerprint density at radius 3 is 2.52 bits per heavy atom. The summed E-state index contributed by atoms with van der Waals surface area (Å²) >= 11 is 0. The van der Waals surface area contributed by atoms with Gasteiger partial charge in [-0.3, -0.25) is 4.79 Å². The molecule has 2 aromatic rings. The zero-order chi connectivity index (χ0) is 20.9. The van der Waals surface area contributed by atoms with Crippen LogP contribution in [0.1, 0.15) is 49.3 Å². The standard InChI is InChI=1S/C24H26F2O3/c1-24(25,26)22-15-21(12-10-18(22)11-13-23(27)28)29-16-20-9-5-8-19(20)14-17-6-3-2-4-7-17/h2-4,6-7,10,12,15H,5,8-9,11,13-14,16H2,1H3,(H,27,28). The van der Waals surface area contributed by atoms with Gasteiger partial charge in [-0.2, -0.15) is 0 Å². The Morgan fingerprint density at radius 2 is 1.83 bits per heavy atom. The second-order valence-electron chi connectivity index (χ2n) is 7.61. The molecule has 3 nitrogen and oxygen atoms in total. The largest absolute Gasteiger partial charge is 0.489 e. The van der Waals surface area contributed by atoms with Crippen LogP contribution in [0, 0.1) is 0 Å². The summed E-state index contributed by atoms with van der Waals surface area (Å²) in [4.78, 5) is 10.8. The van der Waals surface area contributed by atoms with E-state index in [1.165, 1.54) is 22.8 Å². The first-order valence-electron chi connectivity index (χ1n) is 9.92. The number of halogens is 2. The van der Waals surface area contributed by atoms with Gasteiger partial charge >= 0.3 is 5.97 Å². The number of hydrogen-bond acceptors (Lipinski definition) is 2. The summed E-state index contributed by atoms with van der Waals surface area (Å²) in [5, 5.41) is 8.84. The van der Waals surface area contributed by atoms with Gasteiger partial charge in [0.2, 0.25) is 0 Å². The lowest BCUT2D eigenvalue weighted by atomic mass is 9.98. The number of aliphatic carboxylic acids is 1. The van der Waals surface area contributed by atoms with E-state index in [0.29, 0.717) is 17.9 Å². The van der Waals surface area contributed by atoms with Crippen molar-refractivity contribution >= 4 is 5.97 Å². The number of hydrogen-bond donors (Lipinski definition) is 1. The van der Waals surface area contributed by atoms with Crippen LogP contribution in [0.5, 0.6) is 5.75 Å². The molecule has 0 heterocycles. The van der Waals surface area contributed by atoms with Crippen LogP contribution in [0.2, 0.25) is 0 Å². The minimum atomic E-state index is -3.06. The number of allylic oxidation sites excluding steroid dienone is 1. The van der Waals surface area contributed by atoms with Crippen molar-refractivity contribution in [3.8, 4) is 5.75 Å². The van der Waals surface area contributed by atoms with Gasteiger partial charge in [-0.05, 0) is 60.9 Å². The first kappa shape index (κ1) is 21.0. The molecule has 29 heavy (non-hydrogen) atoms. The molecule has 2 aromatic carbocycles. The molecule has 0 bridgehead atoms. The van der Waals surface area contributed by atoms with Crippen molar-refractivity contribution in [3.63, 3.8) is 0 Å². The van der Waals surface area contributed by atoms with E-state index in [9.17, 15) is 13.6 Å². The Bertz CT molecular complexity index is 883. The molecular formula is C24H26F2O3. The number of alkyl halides is 2. The number of rotatable bonds is 9. The third-order valence-corrected chi connectivity index (χ3v) is 5.29. The van der Waals surface area contributed by atoms with E-state index in [1.807, 2.05) is 18.2 Å². The molecule has 1 N–H and O–H groups in total. The highest BCUT2D eigenvalue weighted by atomic mass is 19.3. The molecule has 0 saturated carbocycles. The molecule has 1 aliphatic carbocycles. The van der Waals surface area contributed by atoms with Gasteiger partial charge < -0.3 is 9.84 Å². The molecule has 0 radical (unpaired) electrons. The van der Waals surface area contributed by atoms with Gasteiger partial charge in [0, 0.05) is 18.9 Å². The van der Waals surface area contributed by atoms with Crippen LogP contribution in [0.15, 0.2) is 59.7 Å². The first-order chi connectivity index (χ1) is 13.8. The number of benzene rings is 2. The van der Waals surface area contributed by atoms with E-state index in [0.717, 1.165) is 32.6 Å². The third-order valence-electron chi connectivity index (χ3n) is 5.29. The molecule has 0 unspecified atom stereocenters. The Labute approximate surface area is 170 Å². The smallest absolute Gasteiger partial charge is 0.303 e. The van der Waals surface area contributed by atoms with Gasteiger partial charge in [-0.1, -0.05) is 42.0 Å². The minimum absolute atomic E-state index is 0.0702. The van der Waals surface area contributed by atoms with Crippen molar-refractivity contribution in [2.75, 3.05) is 6.61 Å².